The van der Waals surface area contributed by atoms with E-state index < -0.39 is 17.4 Å². The summed E-state index contributed by atoms with van der Waals surface area (Å²) in [5.74, 6) is -0.356. The number of hydrogen-bond donors (Lipinski definition) is 1. The van der Waals surface area contributed by atoms with Gasteiger partial charge in [-0.3, -0.25) is 9.59 Å². The number of aromatic amines is 1. The van der Waals surface area contributed by atoms with Crippen LogP contribution in [0.25, 0.3) is 0 Å². The molecule has 2 aromatic rings. The van der Waals surface area contributed by atoms with Crippen LogP contribution in [0.15, 0.2) is 34.2 Å². The Kier molecular flexibility index (Phi) is 4.93. The summed E-state index contributed by atoms with van der Waals surface area (Å²) < 4.78 is 37.9. The summed E-state index contributed by atoms with van der Waals surface area (Å²) >= 11 is 0.766. The van der Waals surface area contributed by atoms with Crippen molar-refractivity contribution in [2.75, 3.05) is 5.75 Å². The highest BCUT2D eigenvalue weighted by Gasteiger charge is 2.33. The molecule has 4 nitrogen and oxygen atoms in total. The number of hydrogen-bond acceptors (Lipinski definition) is 4. The van der Waals surface area contributed by atoms with E-state index in [2.05, 4.69) is 9.97 Å². The van der Waals surface area contributed by atoms with Crippen LogP contribution in [-0.4, -0.2) is 21.5 Å². The van der Waals surface area contributed by atoms with Gasteiger partial charge < -0.3 is 4.98 Å². The SMILES string of the molecule is Cc1ccc(C)c(C(=O)CSc2nc(C(F)(F)F)cc(=O)[nH]2)c1. The maximum Gasteiger partial charge on any atom is 0.433 e. The number of aryl methyl sites for hydroxylation is 2. The van der Waals surface area contributed by atoms with Gasteiger partial charge in [-0.1, -0.05) is 29.5 Å². The Morgan fingerprint density at radius 1 is 1.26 bits per heavy atom. The van der Waals surface area contributed by atoms with Crippen molar-refractivity contribution < 1.29 is 18.0 Å². The Balaban J connectivity index is 2.18. The average molecular weight is 342 g/mol. The van der Waals surface area contributed by atoms with E-state index in [1.54, 1.807) is 19.1 Å². The molecule has 0 saturated carbocycles. The summed E-state index contributed by atoms with van der Waals surface area (Å²) in [6, 6.07) is 5.78. The van der Waals surface area contributed by atoms with E-state index in [1.807, 2.05) is 13.0 Å². The summed E-state index contributed by atoms with van der Waals surface area (Å²) in [7, 11) is 0. The first-order valence-corrected chi connectivity index (χ1v) is 7.57. The maximum absolute atomic E-state index is 12.6. The van der Waals surface area contributed by atoms with Crippen molar-refractivity contribution in [2.45, 2.75) is 25.2 Å². The number of thioether (sulfide) groups is 1. The van der Waals surface area contributed by atoms with Gasteiger partial charge in [0.15, 0.2) is 16.6 Å². The summed E-state index contributed by atoms with van der Waals surface area (Å²) in [6.07, 6.45) is -4.71. The lowest BCUT2D eigenvalue weighted by molar-refractivity contribution is -0.141. The maximum atomic E-state index is 12.6. The fourth-order valence-corrected chi connectivity index (χ4v) is 2.66. The molecule has 0 spiro atoms. The van der Waals surface area contributed by atoms with Gasteiger partial charge in [0.05, 0.1) is 5.75 Å². The predicted molar refractivity (Wildman–Crippen MR) is 80.8 cm³/mol. The number of alkyl halides is 3. The summed E-state index contributed by atoms with van der Waals surface area (Å²) in [4.78, 5) is 29.0. The van der Waals surface area contributed by atoms with E-state index in [4.69, 9.17) is 0 Å². The van der Waals surface area contributed by atoms with E-state index in [0.29, 0.717) is 11.6 Å². The smallest absolute Gasteiger partial charge is 0.301 e. The minimum Gasteiger partial charge on any atom is -0.301 e. The molecule has 1 N–H and O–H groups in total. The van der Waals surface area contributed by atoms with Gasteiger partial charge in [-0.2, -0.15) is 13.2 Å². The van der Waals surface area contributed by atoms with Crippen LogP contribution in [0.5, 0.6) is 0 Å². The number of aromatic nitrogens is 2. The molecule has 0 amide bonds. The third-order valence-electron chi connectivity index (χ3n) is 3.04. The second-order valence-electron chi connectivity index (χ2n) is 4.96. The number of benzene rings is 1. The topological polar surface area (TPSA) is 62.8 Å². The van der Waals surface area contributed by atoms with Crippen molar-refractivity contribution >= 4 is 17.5 Å². The van der Waals surface area contributed by atoms with Gasteiger partial charge in [-0.05, 0) is 25.5 Å². The first-order chi connectivity index (χ1) is 10.7. The lowest BCUT2D eigenvalue weighted by atomic mass is 10.0. The standard InChI is InChI=1S/C15H13F3N2O2S/c1-8-3-4-9(2)10(5-8)11(21)7-23-14-19-12(15(16,17)18)6-13(22)20-14/h3-6H,7H2,1-2H3,(H,19,20,22). The highest BCUT2D eigenvalue weighted by molar-refractivity contribution is 7.99. The van der Waals surface area contributed by atoms with Crippen LogP contribution in [0.1, 0.15) is 27.2 Å². The zero-order valence-electron chi connectivity index (χ0n) is 12.3. The van der Waals surface area contributed by atoms with E-state index in [9.17, 15) is 22.8 Å². The van der Waals surface area contributed by atoms with Crippen LogP contribution in [0.3, 0.4) is 0 Å². The first kappa shape index (κ1) is 17.3. The van der Waals surface area contributed by atoms with Crippen LogP contribution < -0.4 is 5.56 Å². The van der Waals surface area contributed by atoms with Crippen LogP contribution in [0.2, 0.25) is 0 Å². The molecule has 0 unspecified atom stereocenters. The molecular formula is C15H13F3N2O2S. The van der Waals surface area contributed by atoms with Crippen LogP contribution in [-0.2, 0) is 6.18 Å². The molecule has 0 atom stereocenters. The summed E-state index contributed by atoms with van der Waals surface area (Å²) in [5, 5.41) is -0.233. The first-order valence-electron chi connectivity index (χ1n) is 6.58. The van der Waals surface area contributed by atoms with Crippen molar-refractivity contribution in [1.82, 2.24) is 9.97 Å². The lowest BCUT2D eigenvalue weighted by Gasteiger charge is -2.08. The van der Waals surface area contributed by atoms with E-state index in [-0.39, 0.29) is 16.7 Å². The molecular weight excluding hydrogens is 329 g/mol. The molecule has 2 rings (SSSR count). The molecule has 0 fully saturated rings. The molecule has 0 bridgehead atoms. The molecule has 1 aromatic carbocycles. The van der Waals surface area contributed by atoms with Crippen molar-refractivity contribution in [1.29, 1.82) is 0 Å². The molecule has 0 aliphatic carbocycles. The number of carbonyl (C=O) groups excluding carboxylic acids is 1. The van der Waals surface area contributed by atoms with Crippen LogP contribution in [0.4, 0.5) is 13.2 Å². The van der Waals surface area contributed by atoms with Crippen LogP contribution in [0, 0.1) is 13.8 Å². The van der Waals surface area contributed by atoms with Crippen molar-refractivity contribution in [2.24, 2.45) is 0 Å². The normalized spacial score (nSPS) is 11.5. The van der Waals surface area contributed by atoms with Gasteiger partial charge in [-0.25, -0.2) is 4.98 Å². The molecule has 0 aliphatic rings. The number of carbonyl (C=O) groups is 1. The number of halogens is 3. The number of rotatable bonds is 4. The molecule has 1 aromatic heterocycles. The number of ketones is 1. The highest BCUT2D eigenvalue weighted by Crippen LogP contribution is 2.27. The Hall–Kier alpha value is -2.09. The molecule has 1 heterocycles. The average Bonchev–Trinajstić information content (AvgIpc) is 2.46. The minimum absolute atomic E-state index is 0.117. The molecule has 0 radical (unpaired) electrons. The fourth-order valence-electron chi connectivity index (χ4n) is 1.90. The Labute approximate surface area is 134 Å². The lowest BCUT2D eigenvalue weighted by Crippen LogP contribution is -2.17. The van der Waals surface area contributed by atoms with E-state index in [1.165, 1.54) is 0 Å². The van der Waals surface area contributed by atoms with Crippen molar-refractivity contribution in [3.8, 4) is 0 Å². The van der Waals surface area contributed by atoms with Gasteiger partial charge in [0.2, 0.25) is 0 Å². The van der Waals surface area contributed by atoms with E-state index >= 15 is 0 Å². The summed E-state index contributed by atoms with van der Waals surface area (Å²) in [5.41, 5.74) is 0.0185. The second kappa shape index (κ2) is 6.57. The molecule has 0 saturated heterocycles. The van der Waals surface area contributed by atoms with Gasteiger partial charge in [0.1, 0.15) is 0 Å². The van der Waals surface area contributed by atoms with Gasteiger partial charge in [0.25, 0.3) is 5.56 Å². The molecule has 122 valence electrons. The third kappa shape index (κ3) is 4.44. The number of Topliss-reactive ketones (excluding diaryl/α,β-unsaturated/α-hetero) is 1. The minimum atomic E-state index is -4.71. The largest absolute Gasteiger partial charge is 0.433 e. The monoisotopic (exact) mass is 342 g/mol. The zero-order chi connectivity index (χ0) is 17.2. The number of H-pyrrole nitrogens is 1. The Morgan fingerprint density at radius 2 is 1.96 bits per heavy atom. The molecule has 23 heavy (non-hydrogen) atoms. The van der Waals surface area contributed by atoms with Gasteiger partial charge in [0, 0.05) is 11.6 Å². The number of nitrogens with zero attached hydrogens (tertiary/aromatic N) is 1. The van der Waals surface area contributed by atoms with Gasteiger partial charge >= 0.3 is 6.18 Å². The Morgan fingerprint density at radius 3 is 2.61 bits per heavy atom. The van der Waals surface area contributed by atoms with Crippen molar-refractivity contribution in [3.05, 3.63) is 57.0 Å². The number of nitrogens with one attached hydrogen (secondary N) is 1. The highest BCUT2D eigenvalue weighted by atomic mass is 32.2. The zero-order valence-corrected chi connectivity index (χ0v) is 13.1. The Bertz CT molecular complexity index is 800. The quantitative estimate of drug-likeness (QED) is 0.526. The van der Waals surface area contributed by atoms with E-state index in [0.717, 1.165) is 22.9 Å². The molecule has 8 heteroatoms. The molecule has 0 aliphatic heterocycles. The van der Waals surface area contributed by atoms with Gasteiger partial charge in [-0.15, -0.1) is 0 Å². The second-order valence-corrected chi connectivity index (χ2v) is 5.93. The predicted octanol–water partition coefficient (Wildman–Crippen LogP) is 3.38. The summed E-state index contributed by atoms with van der Waals surface area (Å²) in [6.45, 7) is 3.62. The fraction of sp³-hybridized carbons (Fsp3) is 0.267. The van der Waals surface area contributed by atoms with Crippen LogP contribution >= 0.6 is 11.8 Å². The van der Waals surface area contributed by atoms with Crippen molar-refractivity contribution in [3.63, 3.8) is 0 Å². The third-order valence-corrected chi connectivity index (χ3v) is 3.92.